The SMILES string of the molecule is Cc1ccc(N(c2cccc(C)c2)c2ccc3c(c2)C(C)(C)c2cc(/C=C/c4ccc(N(c5ccccc5)c5ccccc5)cc4)ccc2-3)cc1. The largest absolute Gasteiger partial charge is 0.311 e. The number of anilines is 6. The van der Waals surface area contributed by atoms with Gasteiger partial charge < -0.3 is 9.80 Å². The van der Waals surface area contributed by atoms with Gasteiger partial charge in [0, 0.05) is 39.5 Å². The van der Waals surface area contributed by atoms with E-state index in [1.165, 1.54) is 55.9 Å². The number of para-hydroxylation sites is 2. The standard InChI is InChI=1S/C49H42N2/c1-35-18-25-41(26-19-35)51(43-17-11-12-36(2)32-43)44-29-31-46-45-30-24-38(33-47(45)49(3,4)48(46)34-44)21-20-37-22-27-42(28-23-37)50(39-13-7-5-8-14-39)40-15-9-6-10-16-40/h5-34H,1-4H3/b21-20+. The minimum atomic E-state index is -0.143. The molecule has 0 radical (unpaired) electrons. The Hall–Kier alpha value is -6.12. The van der Waals surface area contributed by atoms with Gasteiger partial charge in [-0.05, 0) is 126 Å². The van der Waals surface area contributed by atoms with E-state index in [-0.39, 0.29) is 5.41 Å². The molecule has 248 valence electrons. The quantitative estimate of drug-likeness (QED) is 0.150. The summed E-state index contributed by atoms with van der Waals surface area (Å²) in [4.78, 5) is 4.67. The monoisotopic (exact) mass is 658 g/mol. The highest BCUT2D eigenvalue weighted by Gasteiger charge is 2.36. The van der Waals surface area contributed by atoms with Crippen LogP contribution in [0, 0.1) is 13.8 Å². The van der Waals surface area contributed by atoms with Crippen molar-refractivity contribution in [2.75, 3.05) is 9.80 Å². The maximum absolute atomic E-state index is 2.41. The second-order valence-corrected chi connectivity index (χ2v) is 14.1. The van der Waals surface area contributed by atoms with Crippen LogP contribution < -0.4 is 9.80 Å². The fraction of sp³-hybridized carbons (Fsp3) is 0.102. The summed E-state index contributed by atoms with van der Waals surface area (Å²) >= 11 is 0. The highest BCUT2D eigenvalue weighted by atomic mass is 15.1. The smallest absolute Gasteiger partial charge is 0.0465 e. The molecule has 7 aromatic carbocycles. The van der Waals surface area contributed by atoms with Crippen LogP contribution in [0.5, 0.6) is 0 Å². The lowest BCUT2D eigenvalue weighted by Crippen LogP contribution is -2.16. The van der Waals surface area contributed by atoms with E-state index < -0.39 is 0 Å². The Kier molecular flexibility index (Phi) is 8.37. The maximum Gasteiger partial charge on any atom is 0.0465 e. The van der Waals surface area contributed by atoms with Crippen molar-refractivity contribution >= 4 is 46.3 Å². The van der Waals surface area contributed by atoms with Crippen LogP contribution in [0.1, 0.15) is 47.2 Å². The van der Waals surface area contributed by atoms with Gasteiger partial charge in [-0.3, -0.25) is 0 Å². The Labute approximate surface area is 302 Å². The second kappa shape index (κ2) is 13.3. The zero-order valence-corrected chi connectivity index (χ0v) is 29.7. The van der Waals surface area contributed by atoms with Gasteiger partial charge in [-0.2, -0.15) is 0 Å². The Morgan fingerprint density at radius 1 is 0.373 bits per heavy atom. The minimum absolute atomic E-state index is 0.143. The molecule has 0 fully saturated rings. The first-order valence-corrected chi connectivity index (χ1v) is 17.8. The summed E-state index contributed by atoms with van der Waals surface area (Å²) < 4.78 is 0. The van der Waals surface area contributed by atoms with E-state index in [1.54, 1.807) is 0 Å². The van der Waals surface area contributed by atoms with Crippen molar-refractivity contribution in [3.05, 3.63) is 203 Å². The van der Waals surface area contributed by atoms with Crippen molar-refractivity contribution in [1.82, 2.24) is 0 Å². The molecule has 0 N–H and O–H groups in total. The fourth-order valence-electron chi connectivity index (χ4n) is 7.42. The molecule has 0 aromatic heterocycles. The van der Waals surface area contributed by atoms with Crippen LogP contribution in [-0.4, -0.2) is 0 Å². The molecule has 1 aliphatic rings. The van der Waals surface area contributed by atoms with E-state index in [0.29, 0.717) is 0 Å². The molecule has 0 aliphatic heterocycles. The van der Waals surface area contributed by atoms with Crippen molar-refractivity contribution in [1.29, 1.82) is 0 Å². The predicted molar refractivity (Wildman–Crippen MR) is 218 cm³/mol. The van der Waals surface area contributed by atoms with Crippen molar-refractivity contribution in [2.24, 2.45) is 0 Å². The zero-order valence-electron chi connectivity index (χ0n) is 29.7. The van der Waals surface area contributed by atoms with Gasteiger partial charge in [0.25, 0.3) is 0 Å². The van der Waals surface area contributed by atoms with E-state index in [4.69, 9.17) is 0 Å². The molecule has 0 spiro atoms. The number of benzene rings is 7. The molecule has 0 bridgehead atoms. The number of rotatable bonds is 8. The number of hydrogen-bond acceptors (Lipinski definition) is 2. The normalized spacial score (nSPS) is 12.8. The summed E-state index contributed by atoms with van der Waals surface area (Å²) in [6.45, 7) is 9.02. The van der Waals surface area contributed by atoms with Crippen LogP contribution in [0.2, 0.25) is 0 Å². The highest BCUT2D eigenvalue weighted by Crippen LogP contribution is 2.51. The molecule has 0 amide bonds. The van der Waals surface area contributed by atoms with Crippen molar-refractivity contribution in [3.8, 4) is 11.1 Å². The Morgan fingerprint density at radius 2 is 0.824 bits per heavy atom. The number of hydrogen-bond donors (Lipinski definition) is 0. The number of aryl methyl sites for hydroxylation is 2. The van der Waals surface area contributed by atoms with Crippen LogP contribution in [0.3, 0.4) is 0 Å². The summed E-state index contributed by atoms with van der Waals surface area (Å²) in [5.41, 5.74) is 17.0. The average molecular weight is 659 g/mol. The molecule has 0 saturated heterocycles. The van der Waals surface area contributed by atoms with Crippen LogP contribution in [0.4, 0.5) is 34.1 Å². The van der Waals surface area contributed by atoms with Crippen molar-refractivity contribution in [2.45, 2.75) is 33.1 Å². The summed E-state index contributed by atoms with van der Waals surface area (Å²) in [5, 5.41) is 0. The van der Waals surface area contributed by atoms with Gasteiger partial charge in [-0.1, -0.05) is 129 Å². The van der Waals surface area contributed by atoms with E-state index >= 15 is 0 Å². The topological polar surface area (TPSA) is 6.48 Å². The van der Waals surface area contributed by atoms with Gasteiger partial charge in [0.2, 0.25) is 0 Å². The third-order valence-electron chi connectivity index (χ3n) is 10.1. The molecule has 1 aliphatic carbocycles. The van der Waals surface area contributed by atoms with E-state index in [1.807, 2.05) is 0 Å². The highest BCUT2D eigenvalue weighted by molar-refractivity contribution is 5.87. The molecular formula is C49H42N2. The van der Waals surface area contributed by atoms with Crippen LogP contribution >= 0.6 is 0 Å². The third-order valence-corrected chi connectivity index (χ3v) is 10.1. The predicted octanol–water partition coefficient (Wildman–Crippen LogP) is 13.7. The van der Waals surface area contributed by atoms with Gasteiger partial charge in [0.15, 0.2) is 0 Å². The average Bonchev–Trinajstić information content (AvgIpc) is 3.38. The second-order valence-electron chi connectivity index (χ2n) is 14.1. The lowest BCUT2D eigenvalue weighted by atomic mass is 9.81. The molecular weight excluding hydrogens is 617 g/mol. The molecule has 8 rings (SSSR count). The number of nitrogens with zero attached hydrogens (tertiary/aromatic N) is 2. The lowest BCUT2D eigenvalue weighted by molar-refractivity contribution is 0.660. The van der Waals surface area contributed by atoms with Gasteiger partial charge in [-0.25, -0.2) is 0 Å². The Bertz CT molecular complexity index is 2290. The molecule has 0 atom stereocenters. The van der Waals surface area contributed by atoms with Gasteiger partial charge in [0.1, 0.15) is 0 Å². The molecule has 0 unspecified atom stereocenters. The van der Waals surface area contributed by atoms with E-state index in [9.17, 15) is 0 Å². The number of fused-ring (bicyclic) bond motifs is 3. The van der Waals surface area contributed by atoms with Crippen molar-refractivity contribution in [3.63, 3.8) is 0 Å². The first-order chi connectivity index (χ1) is 24.8. The zero-order chi connectivity index (χ0) is 35.0. The minimum Gasteiger partial charge on any atom is -0.311 e. The Morgan fingerprint density at radius 3 is 1.45 bits per heavy atom. The van der Waals surface area contributed by atoms with Crippen LogP contribution in [-0.2, 0) is 5.41 Å². The third kappa shape index (κ3) is 6.26. The van der Waals surface area contributed by atoms with E-state index in [0.717, 1.165) is 22.7 Å². The first-order valence-electron chi connectivity index (χ1n) is 17.8. The fourth-order valence-corrected chi connectivity index (χ4v) is 7.42. The Balaban J connectivity index is 1.08. The van der Waals surface area contributed by atoms with E-state index in [2.05, 4.69) is 220 Å². The van der Waals surface area contributed by atoms with Crippen LogP contribution in [0.25, 0.3) is 23.3 Å². The molecule has 0 saturated carbocycles. The van der Waals surface area contributed by atoms with Crippen molar-refractivity contribution < 1.29 is 0 Å². The first kappa shape index (κ1) is 32.1. The summed E-state index contributed by atoms with van der Waals surface area (Å²) in [6, 6.07) is 61.4. The van der Waals surface area contributed by atoms with Gasteiger partial charge in [0.05, 0.1) is 0 Å². The van der Waals surface area contributed by atoms with Crippen LogP contribution in [0.15, 0.2) is 170 Å². The molecule has 51 heavy (non-hydrogen) atoms. The summed E-state index contributed by atoms with van der Waals surface area (Å²) in [5.74, 6) is 0. The summed E-state index contributed by atoms with van der Waals surface area (Å²) in [7, 11) is 0. The molecule has 7 aromatic rings. The molecule has 2 heteroatoms. The summed E-state index contributed by atoms with van der Waals surface area (Å²) in [6.07, 6.45) is 4.46. The lowest BCUT2D eigenvalue weighted by Gasteiger charge is -2.28. The molecule has 2 nitrogen and oxygen atoms in total. The van der Waals surface area contributed by atoms with Gasteiger partial charge >= 0.3 is 0 Å². The maximum atomic E-state index is 2.41. The molecule has 0 heterocycles. The van der Waals surface area contributed by atoms with Gasteiger partial charge in [-0.15, -0.1) is 0 Å².